The van der Waals surface area contributed by atoms with E-state index in [0.717, 1.165) is 28.0 Å². The average Bonchev–Trinajstić information content (AvgIpc) is 3.21. The maximum absolute atomic E-state index is 14.2. The van der Waals surface area contributed by atoms with E-state index in [2.05, 4.69) is 15.0 Å². The molecule has 0 unspecified atom stereocenters. The van der Waals surface area contributed by atoms with Crippen LogP contribution in [-0.4, -0.2) is 20.9 Å². The molecule has 0 saturated heterocycles. The predicted molar refractivity (Wildman–Crippen MR) is 115 cm³/mol. The van der Waals surface area contributed by atoms with Gasteiger partial charge in [-0.05, 0) is 18.2 Å². The third-order valence-electron chi connectivity index (χ3n) is 4.32. The van der Waals surface area contributed by atoms with Crippen molar-refractivity contribution < 1.29 is 22.4 Å². The van der Waals surface area contributed by atoms with Gasteiger partial charge in [0.25, 0.3) is 0 Å². The monoisotopic (exact) mass is 478 g/mol. The van der Waals surface area contributed by atoms with Gasteiger partial charge in [-0.2, -0.15) is 13.2 Å². The van der Waals surface area contributed by atoms with Gasteiger partial charge in [0.15, 0.2) is 5.13 Å². The van der Waals surface area contributed by atoms with Crippen LogP contribution in [0.1, 0.15) is 18.4 Å². The molecule has 0 spiro atoms. The lowest BCUT2D eigenvalue weighted by atomic mass is 10.2. The summed E-state index contributed by atoms with van der Waals surface area (Å²) in [5, 5.41) is 2.61. The highest BCUT2D eigenvalue weighted by Gasteiger charge is 2.35. The van der Waals surface area contributed by atoms with Crippen molar-refractivity contribution in [1.29, 1.82) is 0 Å². The Hall–Kier alpha value is -3.05. The number of carbonyl (C=O) groups is 1. The average molecular weight is 478 g/mol. The molecule has 0 aliphatic heterocycles. The van der Waals surface area contributed by atoms with E-state index < -0.39 is 23.7 Å². The first-order valence-electron chi connectivity index (χ1n) is 9.20. The van der Waals surface area contributed by atoms with Crippen molar-refractivity contribution in [1.82, 2.24) is 15.0 Å². The highest BCUT2D eigenvalue weighted by Crippen LogP contribution is 2.35. The SMILES string of the molecule is CC(=O)N(c1nc(CSc2nc(C(F)(F)F)nc3ccccc23)cs1)c1ccccc1F. The smallest absolute Gasteiger partial charge is 0.274 e. The zero-order chi connectivity index (χ0) is 22.9. The fourth-order valence-corrected chi connectivity index (χ4v) is 4.83. The number of hydrogen-bond donors (Lipinski definition) is 0. The molecule has 11 heteroatoms. The van der Waals surface area contributed by atoms with Crippen LogP contribution in [0.3, 0.4) is 0 Å². The predicted octanol–water partition coefficient (Wildman–Crippen LogP) is 6.22. The molecule has 0 aliphatic carbocycles. The minimum absolute atomic E-state index is 0.0742. The maximum atomic E-state index is 14.2. The van der Waals surface area contributed by atoms with Crippen molar-refractivity contribution in [3.05, 3.63) is 71.2 Å². The van der Waals surface area contributed by atoms with Gasteiger partial charge in [-0.15, -0.1) is 11.3 Å². The molecular formula is C21H14F4N4OS2. The first kappa shape index (κ1) is 22.2. The number of hydrogen-bond acceptors (Lipinski definition) is 6. The van der Waals surface area contributed by atoms with Crippen LogP contribution in [0.2, 0.25) is 0 Å². The second kappa shape index (κ2) is 8.83. The van der Waals surface area contributed by atoms with E-state index >= 15 is 0 Å². The quantitative estimate of drug-likeness (QED) is 0.194. The Morgan fingerprint density at radius 2 is 1.78 bits per heavy atom. The number of nitrogens with zero attached hydrogens (tertiary/aromatic N) is 4. The molecule has 2 heterocycles. The van der Waals surface area contributed by atoms with Crippen LogP contribution in [0, 0.1) is 5.82 Å². The number of thioether (sulfide) groups is 1. The second-order valence-corrected chi connectivity index (χ2v) is 8.38. The zero-order valence-electron chi connectivity index (χ0n) is 16.4. The van der Waals surface area contributed by atoms with Crippen LogP contribution in [0.25, 0.3) is 10.9 Å². The molecule has 0 radical (unpaired) electrons. The normalized spacial score (nSPS) is 11.7. The highest BCUT2D eigenvalue weighted by molar-refractivity contribution is 7.98. The summed E-state index contributed by atoms with van der Waals surface area (Å²) in [5.74, 6) is -1.99. The van der Waals surface area contributed by atoms with Crippen LogP contribution < -0.4 is 4.90 Å². The number of thiazole rings is 1. The summed E-state index contributed by atoms with van der Waals surface area (Å²) < 4.78 is 53.8. The standard InChI is InChI=1S/C21H14F4N4OS2/c1-12(30)29(17-9-5-3-7-15(17)22)20-26-13(11-32-20)10-31-18-14-6-2-4-8-16(14)27-19(28-18)21(23,24)25/h2-9,11H,10H2,1H3. The molecule has 2 aromatic carbocycles. The number of alkyl halides is 3. The van der Waals surface area contributed by atoms with Crippen LogP contribution >= 0.6 is 23.1 Å². The summed E-state index contributed by atoms with van der Waals surface area (Å²) in [6.07, 6.45) is -4.67. The molecule has 0 fully saturated rings. The van der Waals surface area contributed by atoms with E-state index in [-0.39, 0.29) is 27.1 Å². The Balaban J connectivity index is 1.62. The van der Waals surface area contributed by atoms with E-state index in [0.29, 0.717) is 11.1 Å². The topological polar surface area (TPSA) is 59.0 Å². The summed E-state index contributed by atoms with van der Waals surface area (Å²) in [7, 11) is 0. The number of aromatic nitrogens is 3. The number of rotatable bonds is 5. The van der Waals surface area contributed by atoms with E-state index in [1.54, 1.807) is 29.6 Å². The Bertz CT molecular complexity index is 1290. The molecule has 0 bridgehead atoms. The van der Waals surface area contributed by atoms with E-state index in [1.807, 2.05) is 0 Å². The van der Waals surface area contributed by atoms with Crippen molar-refractivity contribution in [2.24, 2.45) is 0 Å². The summed E-state index contributed by atoms with van der Waals surface area (Å²) in [6.45, 7) is 1.30. The molecule has 0 saturated carbocycles. The number of amides is 1. The van der Waals surface area contributed by atoms with Crippen molar-refractivity contribution in [2.75, 3.05) is 4.90 Å². The Labute approximate surface area is 188 Å². The maximum Gasteiger partial charge on any atom is 0.451 e. The lowest BCUT2D eigenvalue weighted by Crippen LogP contribution is -2.23. The molecule has 4 aromatic rings. The molecule has 5 nitrogen and oxygen atoms in total. The van der Waals surface area contributed by atoms with Gasteiger partial charge in [-0.1, -0.05) is 42.1 Å². The molecule has 32 heavy (non-hydrogen) atoms. The third-order valence-corrected chi connectivity index (χ3v) is 6.22. The summed E-state index contributed by atoms with van der Waals surface area (Å²) in [4.78, 5) is 25.0. The number of fused-ring (bicyclic) bond motifs is 1. The van der Waals surface area contributed by atoms with Gasteiger partial charge < -0.3 is 0 Å². The van der Waals surface area contributed by atoms with Crippen molar-refractivity contribution in [3.8, 4) is 0 Å². The molecule has 0 N–H and O–H groups in total. The van der Waals surface area contributed by atoms with Crippen molar-refractivity contribution >= 4 is 50.7 Å². The number of carbonyl (C=O) groups excluding carboxylic acids is 1. The van der Waals surface area contributed by atoms with E-state index in [1.165, 1.54) is 31.2 Å². The first-order chi connectivity index (χ1) is 15.2. The number of halogens is 4. The van der Waals surface area contributed by atoms with E-state index in [4.69, 9.17) is 0 Å². The molecule has 2 aromatic heterocycles. The Kier molecular flexibility index (Phi) is 6.11. The Morgan fingerprint density at radius 3 is 2.50 bits per heavy atom. The number of benzene rings is 2. The highest BCUT2D eigenvalue weighted by atomic mass is 32.2. The molecule has 4 rings (SSSR count). The van der Waals surface area contributed by atoms with Crippen molar-refractivity contribution in [2.45, 2.75) is 23.9 Å². The molecule has 0 aliphatic rings. The lowest BCUT2D eigenvalue weighted by Gasteiger charge is -2.18. The van der Waals surface area contributed by atoms with Gasteiger partial charge in [0.05, 0.1) is 16.9 Å². The molecule has 164 valence electrons. The van der Waals surface area contributed by atoms with Gasteiger partial charge >= 0.3 is 6.18 Å². The minimum atomic E-state index is -4.67. The van der Waals surface area contributed by atoms with Crippen LogP contribution in [0.5, 0.6) is 0 Å². The lowest BCUT2D eigenvalue weighted by molar-refractivity contribution is -0.145. The zero-order valence-corrected chi connectivity index (χ0v) is 18.1. The second-order valence-electron chi connectivity index (χ2n) is 6.58. The molecule has 0 atom stereocenters. The van der Waals surface area contributed by atoms with Gasteiger partial charge in [0.1, 0.15) is 10.8 Å². The van der Waals surface area contributed by atoms with Crippen LogP contribution in [-0.2, 0) is 16.7 Å². The van der Waals surface area contributed by atoms with Gasteiger partial charge in [-0.25, -0.2) is 19.3 Å². The fraction of sp³-hybridized carbons (Fsp3) is 0.143. The minimum Gasteiger partial charge on any atom is -0.274 e. The number of anilines is 2. The summed E-state index contributed by atoms with van der Waals surface area (Å²) >= 11 is 2.22. The molecule has 1 amide bonds. The summed E-state index contributed by atoms with van der Waals surface area (Å²) in [6, 6.07) is 12.3. The van der Waals surface area contributed by atoms with Crippen molar-refractivity contribution in [3.63, 3.8) is 0 Å². The molecular weight excluding hydrogens is 464 g/mol. The van der Waals surface area contributed by atoms with Gasteiger partial charge in [0, 0.05) is 23.4 Å². The van der Waals surface area contributed by atoms with Crippen LogP contribution in [0.15, 0.2) is 58.9 Å². The third kappa shape index (κ3) is 4.58. The van der Waals surface area contributed by atoms with E-state index in [9.17, 15) is 22.4 Å². The first-order valence-corrected chi connectivity index (χ1v) is 11.1. The number of para-hydroxylation sites is 2. The largest absolute Gasteiger partial charge is 0.451 e. The van der Waals surface area contributed by atoms with Gasteiger partial charge in [-0.3, -0.25) is 9.69 Å². The van der Waals surface area contributed by atoms with Crippen LogP contribution in [0.4, 0.5) is 28.4 Å². The van der Waals surface area contributed by atoms with Gasteiger partial charge in [0.2, 0.25) is 11.7 Å². The summed E-state index contributed by atoms with van der Waals surface area (Å²) in [5.41, 5.74) is 0.789. The Morgan fingerprint density at radius 1 is 1.06 bits per heavy atom. The fourth-order valence-electron chi connectivity index (χ4n) is 2.93.